The zero-order valence-corrected chi connectivity index (χ0v) is 13.2. The number of hydrogen-bond acceptors (Lipinski definition) is 2. The van der Waals surface area contributed by atoms with Crippen molar-refractivity contribution < 1.29 is 4.74 Å². The molecule has 108 valence electrons. The molecule has 1 unspecified atom stereocenters. The molecule has 19 heavy (non-hydrogen) atoms. The van der Waals surface area contributed by atoms with Gasteiger partial charge in [0.2, 0.25) is 0 Å². The second kappa shape index (κ2) is 9.46. The summed E-state index contributed by atoms with van der Waals surface area (Å²) in [4.78, 5) is 0. The van der Waals surface area contributed by atoms with E-state index in [1.165, 1.54) is 25.7 Å². The van der Waals surface area contributed by atoms with Crippen molar-refractivity contribution in [2.45, 2.75) is 45.6 Å². The normalized spacial score (nSPS) is 12.4. The van der Waals surface area contributed by atoms with Gasteiger partial charge in [0.05, 0.1) is 10.0 Å². The van der Waals surface area contributed by atoms with Crippen molar-refractivity contribution in [1.82, 2.24) is 5.32 Å². The molecule has 1 aromatic carbocycles. The first-order chi connectivity index (χ1) is 9.13. The molecule has 1 atom stereocenters. The van der Waals surface area contributed by atoms with E-state index in [0.29, 0.717) is 22.7 Å². The highest BCUT2D eigenvalue weighted by Crippen LogP contribution is 2.26. The van der Waals surface area contributed by atoms with Gasteiger partial charge in [0.1, 0.15) is 12.4 Å². The van der Waals surface area contributed by atoms with Crippen molar-refractivity contribution in [1.29, 1.82) is 0 Å². The fourth-order valence-corrected chi connectivity index (χ4v) is 2.13. The minimum atomic E-state index is 0.528. The molecule has 4 heteroatoms. The van der Waals surface area contributed by atoms with Crippen LogP contribution in [0.4, 0.5) is 0 Å². The molecule has 0 aliphatic heterocycles. The molecule has 0 spiro atoms. The largest absolute Gasteiger partial charge is 0.492 e. The summed E-state index contributed by atoms with van der Waals surface area (Å²) in [6.07, 6.45) is 5.10. The Bertz CT molecular complexity index is 371. The molecule has 2 nitrogen and oxygen atoms in total. The molecule has 0 bridgehead atoms. The third-order valence-corrected chi connectivity index (χ3v) is 3.73. The lowest BCUT2D eigenvalue weighted by Crippen LogP contribution is -2.30. The number of unbranched alkanes of at least 4 members (excludes halogenated alkanes) is 2. The monoisotopic (exact) mass is 303 g/mol. The first kappa shape index (κ1) is 16.6. The van der Waals surface area contributed by atoms with Crippen molar-refractivity contribution in [3.63, 3.8) is 0 Å². The van der Waals surface area contributed by atoms with Crippen molar-refractivity contribution in [2.75, 3.05) is 13.2 Å². The van der Waals surface area contributed by atoms with Gasteiger partial charge in [0.15, 0.2) is 0 Å². The SMILES string of the molecule is CCCCCC(C)NCCOc1ccc(Cl)c(Cl)c1. The van der Waals surface area contributed by atoms with Crippen LogP contribution < -0.4 is 10.1 Å². The maximum atomic E-state index is 5.92. The minimum absolute atomic E-state index is 0.528. The summed E-state index contributed by atoms with van der Waals surface area (Å²) < 4.78 is 5.61. The van der Waals surface area contributed by atoms with E-state index in [9.17, 15) is 0 Å². The van der Waals surface area contributed by atoms with E-state index in [0.717, 1.165) is 12.3 Å². The molecular formula is C15H23Cl2NO. The van der Waals surface area contributed by atoms with Crippen LogP contribution in [0.25, 0.3) is 0 Å². The van der Waals surface area contributed by atoms with Crippen LogP contribution in [0.5, 0.6) is 5.75 Å². The quantitative estimate of drug-likeness (QED) is 0.653. The summed E-state index contributed by atoms with van der Waals surface area (Å²) in [5.74, 6) is 0.759. The average Bonchev–Trinajstić information content (AvgIpc) is 2.39. The van der Waals surface area contributed by atoms with Crippen LogP contribution >= 0.6 is 23.2 Å². The minimum Gasteiger partial charge on any atom is -0.492 e. The summed E-state index contributed by atoms with van der Waals surface area (Å²) in [5.41, 5.74) is 0. The number of benzene rings is 1. The molecule has 0 aromatic heterocycles. The predicted molar refractivity (Wildman–Crippen MR) is 83.6 cm³/mol. The molecule has 0 aliphatic rings. The van der Waals surface area contributed by atoms with Crippen LogP contribution in [-0.4, -0.2) is 19.2 Å². The van der Waals surface area contributed by atoms with E-state index in [4.69, 9.17) is 27.9 Å². The topological polar surface area (TPSA) is 21.3 Å². The smallest absolute Gasteiger partial charge is 0.120 e. The molecular weight excluding hydrogens is 281 g/mol. The van der Waals surface area contributed by atoms with Crippen LogP contribution in [0.2, 0.25) is 10.0 Å². The standard InChI is InChI=1S/C15H23Cl2NO/c1-3-4-5-6-12(2)18-9-10-19-13-7-8-14(16)15(17)11-13/h7-8,11-12,18H,3-6,9-10H2,1-2H3. The highest BCUT2D eigenvalue weighted by Gasteiger charge is 2.02. The predicted octanol–water partition coefficient (Wildman–Crippen LogP) is 4.93. The zero-order chi connectivity index (χ0) is 14.1. The molecule has 0 aliphatic carbocycles. The molecule has 1 N–H and O–H groups in total. The van der Waals surface area contributed by atoms with Gasteiger partial charge in [-0.15, -0.1) is 0 Å². The van der Waals surface area contributed by atoms with Crippen LogP contribution in [0.3, 0.4) is 0 Å². The van der Waals surface area contributed by atoms with E-state index in [1.54, 1.807) is 12.1 Å². The van der Waals surface area contributed by atoms with Gasteiger partial charge in [0, 0.05) is 18.7 Å². The summed E-state index contributed by atoms with van der Waals surface area (Å²) in [6.45, 7) is 5.92. The Morgan fingerprint density at radius 2 is 2.00 bits per heavy atom. The number of hydrogen-bond donors (Lipinski definition) is 1. The van der Waals surface area contributed by atoms with Gasteiger partial charge in [0.25, 0.3) is 0 Å². The maximum Gasteiger partial charge on any atom is 0.120 e. The number of ether oxygens (including phenoxy) is 1. The molecule has 0 heterocycles. The fraction of sp³-hybridized carbons (Fsp3) is 0.600. The van der Waals surface area contributed by atoms with E-state index in [2.05, 4.69) is 19.2 Å². The van der Waals surface area contributed by atoms with Crippen LogP contribution in [0.1, 0.15) is 39.5 Å². The van der Waals surface area contributed by atoms with Crippen LogP contribution in [-0.2, 0) is 0 Å². The molecule has 1 aromatic rings. The Hall–Kier alpha value is -0.440. The Labute approximate surface area is 126 Å². The maximum absolute atomic E-state index is 5.92. The van der Waals surface area contributed by atoms with Crippen molar-refractivity contribution in [3.05, 3.63) is 28.2 Å². The van der Waals surface area contributed by atoms with E-state index in [1.807, 2.05) is 6.07 Å². The Morgan fingerprint density at radius 3 is 2.68 bits per heavy atom. The van der Waals surface area contributed by atoms with Gasteiger partial charge in [-0.25, -0.2) is 0 Å². The average molecular weight is 304 g/mol. The van der Waals surface area contributed by atoms with Crippen molar-refractivity contribution >= 4 is 23.2 Å². The summed E-state index contributed by atoms with van der Waals surface area (Å²) in [5, 5.41) is 4.53. The highest BCUT2D eigenvalue weighted by atomic mass is 35.5. The zero-order valence-electron chi connectivity index (χ0n) is 11.7. The second-order valence-corrected chi connectivity index (χ2v) is 5.59. The van der Waals surface area contributed by atoms with Gasteiger partial charge in [-0.2, -0.15) is 0 Å². The molecule has 0 saturated heterocycles. The summed E-state index contributed by atoms with van der Waals surface area (Å²) in [6, 6.07) is 5.87. The highest BCUT2D eigenvalue weighted by molar-refractivity contribution is 6.42. The van der Waals surface area contributed by atoms with E-state index in [-0.39, 0.29) is 0 Å². The van der Waals surface area contributed by atoms with Crippen LogP contribution in [0, 0.1) is 0 Å². The Kier molecular flexibility index (Phi) is 8.27. The summed E-state index contributed by atoms with van der Waals surface area (Å²) in [7, 11) is 0. The lowest BCUT2D eigenvalue weighted by Gasteiger charge is -2.14. The van der Waals surface area contributed by atoms with Gasteiger partial charge < -0.3 is 10.1 Å². The van der Waals surface area contributed by atoms with E-state index >= 15 is 0 Å². The molecule has 0 radical (unpaired) electrons. The number of nitrogens with one attached hydrogen (secondary N) is 1. The van der Waals surface area contributed by atoms with Gasteiger partial charge >= 0.3 is 0 Å². The molecule has 0 saturated carbocycles. The Balaban J connectivity index is 2.14. The van der Waals surface area contributed by atoms with E-state index < -0.39 is 0 Å². The first-order valence-electron chi connectivity index (χ1n) is 6.94. The van der Waals surface area contributed by atoms with Gasteiger partial charge in [-0.3, -0.25) is 0 Å². The lowest BCUT2D eigenvalue weighted by molar-refractivity contribution is 0.304. The first-order valence-corrected chi connectivity index (χ1v) is 7.70. The van der Waals surface area contributed by atoms with Crippen LogP contribution in [0.15, 0.2) is 18.2 Å². The second-order valence-electron chi connectivity index (χ2n) is 4.78. The molecule has 0 amide bonds. The fourth-order valence-electron chi connectivity index (χ4n) is 1.84. The molecule has 1 rings (SSSR count). The Morgan fingerprint density at radius 1 is 1.21 bits per heavy atom. The lowest BCUT2D eigenvalue weighted by atomic mass is 10.1. The van der Waals surface area contributed by atoms with Gasteiger partial charge in [-0.05, 0) is 25.5 Å². The molecule has 0 fully saturated rings. The van der Waals surface area contributed by atoms with Gasteiger partial charge in [-0.1, -0.05) is 49.4 Å². The van der Waals surface area contributed by atoms with Crippen molar-refractivity contribution in [3.8, 4) is 5.75 Å². The third kappa shape index (κ3) is 7.05. The number of halogens is 2. The number of rotatable bonds is 9. The summed E-state index contributed by atoms with van der Waals surface area (Å²) >= 11 is 11.8. The van der Waals surface area contributed by atoms with Crippen molar-refractivity contribution in [2.24, 2.45) is 0 Å². The third-order valence-electron chi connectivity index (χ3n) is 3.00.